The molecule has 0 saturated heterocycles. The zero-order valence-electron chi connectivity index (χ0n) is 17.1. The SMILES string of the molecule is COc1cc(OC)cc(C2c3nc[nH]c3CCN2C(=O)Nc2ccc(C(=O)O)cc2)c1. The van der Waals surface area contributed by atoms with Crippen LogP contribution in [0.1, 0.15) is 33.4 Å². The number of methoxy groups -OCH3 is 2. The van der Waals surface area contributed by atoms with Crippen molar-refractivity contribution in [1.82, 2.24) is 14.9 Å². The number of hydrogen-bond donors (Lipinski definition) is 3. The molecule has 0 aliphatic carbocycles. The van der Waals surface area contributed by atoms with Crippen molar-refractivity contribution >= 4 is 17.7 Å². The fraction of sp³-hybridized carbons (Fsp3) is 0.227. The first kappa shape index (κ1) is 20.3. The van der Waals surface area contributed by atoms with Crippen molar-refractivity contribution in [2.75, 3.05) is 26.1 Å². The third-order valence-electron chi connectivity index (χ3n) is 5.26. The van der Waals surface area contributed by atoms with Crippen LogP contribution < -0.4 is 14.8 Å². The van der Waals surface area contributed by atoms with Crippen molar-refractivity contribution < 1.29 is 24.2 Å². The molecule has 9 nitrogen and oxygen atoms in total. The molecular formula is C22H22N4O5. The minimum absolute atomic E-state index is 0.151. The van der Waals surface area contributed by atoms with Crippen molar-refractivity contribution in [2.24, 2.45) is 0 Å². The third-order valence-corrected chi connectivity index (χ3v) is 5.26. The smallest absolute Gasteiger partial charge is 0.335 e. The maximum absolute atomic E-state index is 13.2. The molecule has 2 heterocycles. The Morgan fingerprint density at radius 2 is 1.81 bits per heavy atom. The molecule has 3 N–H and O–H groups in total. The topological polar surface area (TPSA) is 117 Å². The molecule has 0 spiro atoms. The quantitative estimate of drug-likeness (QED) is 0.581. The van der Waals surface area contributed by atoms with Crippen LogP contribution in [0.15, 0.2) is 48.8 Å². The number of fused-ring (bicyclic) bond motifs is 1. The first-order valence-corrected chi connectivity index (χ1v) is 9.66. The minimum atomic E-state index is -1.02. The van der Waals surface area contributed by atoms with E-state index in [1.807, 2.05) is 12.1 Å². The van der Waals surface area contributed by atoms with Gasteiger partial charge in [0.05, 0.1) is 31.8 Å². The Kier molecular flexibility index (Phi) is 5.48. The lowest BCUT2D eigenvalue weighted by Gasteiger charge is -2.35. The number of benzene rings is 2. The van der Waals surface area contributed by atoms with Gasteiger partial charge in [0.25, 0.3) is 0 Å². The van der Waals surface area contributed by atoms with E-state index in [-0.39, 0.29) is 11.6 Å². The first-order chi connectivity index (χ1) is 15.0. The molecule has 31 heavy (non-hydrogen) atoms. The van der Waals surface area contributed by atoms with Crippen LogP contribution in [-0.2, 0) is 6.42 Å². The number of carbonyl (C=O) groups is 2. The summed E-state index contributed by atoms with van der Waals surface area (Å²) < 4.78 is 10.8. The maximum Gasteiger partial charge on any atom is 0.335 e. The fourth-order valence-electron chi connectivity index (χ4n) is 3.71. The van der Waals surface area contributed by atoms with Gasteiger partial charge in [-0.15, -0.1) is 0 Å². The van der Waals surface area contributed by atoms with E-state index in [1.54, 1.807) is 43.6 Å². The number of aromatic nitrogens is 2. The molecule has 4 rings (SSSR count). The van der Waals surface area contributed by atoms with Crippen LogP contribution in [0.25, 0.3) is 0 Å². The largest absolute Gasteiger partial charge is 0.497 e. The van der Waals surface area contributed by atoms with E-state index in [4.69, 9.17) is 14.6 Å². The van der Waals surface area contributed by atoms with Gasteiger partial charge in [0.15, 0.2) is 0 Å². The lowest BCUT2D eigenvalue weighted by Crippen LogP contribution is -2.43. The van der Waals surface area contributed by atoms with E-state index in [2.05, 4.69) is 15.3 Å². The summed E-state index contributed by atoms with van der Waals surface area (Å²) in [5, 5.41) is 11.9. The van der Waals surface area contributed by atoms with Gasteiger partial charge < -0.3 is 29.8 Å². The summed E-state index contributed by atoms with van der Waals surface area (Å²) in [5.41, 5.74) is 3.20. The molecule has 2 aromatic carbocycles. The summed E-state index contributed by atoms with van der Waals surface area (Å²) in [6.07, 6.45) is 2.26. The number of ether oxygens (including phenoxy) is 2. The first-order valence-electron chi connectivity index (χ1n) is 9.66. The zero-order valence-corrected chi connectivity index (χ0v) is 17.1. The van der Waals surface area contributed by atoms with Crippen LogP contribution in [-0.4, -0.2) is 52.7 Å². The van der Waals surface area contributed by atoms with Crippen LogP contribution >= 0.6 is 0 Å². The number of aromatic amines is 1. The highest BCUT2D eigenvalue weighted by molar-refractivity contribution is 5.92. The zero-order chi connectivity index (χ0) is 22.0. The maximum atomic E-state index is 13.2. The standard InChI is InChI=1S/C22H22N4O5/c1-30-16-9-14(10-17(11-16)31-2)20-19-18(23-12-24-19)7-8-26(20)22(29)25-15-5-3-13(4-6-15)21(27)28/h3-6,9-12,20H,7-8H2,1-2H3,(H,23,24)(H,25,29)(H,27,28). The summed E-state index contributed by atoms with van der Waals surface area (Å²) in [5.74, 6) is 0.204. The Labute approximate surface area is 178 Å². The summed E-state index contributed by atoms with van der Waals surface area (Å²) in [6.45, 7) is 0.471. The number of nitrogens with zero attached hydrogens (tertiary/aromatic N) is 2. The molecule has 1 atom stereocenters. The van der Waals surface area contributed by atoms with Gasteiger partial charge in [0, 0.05) is 30.4 Å². The molecule has 2 amide bonds. The van der Waals surface area contributed by atoms with Gasteiger partial charge in [-0.1, -0.05) is 0 Å². The number of nitrogens with one attached hydrogen (secondary N) is 2. The highest BCUT2D eigenvalue weighted by Crippen LogP contribution is 2.37. The average molecular weight is 422 g/mol. The van der Waals surface area contributed by atoms with Crippen molar-refractivity contribution in [3.05, 3.63) is 71.3 Å². The van der Waals surface area contributed by atoms with E-state index >= 15 is 0 Å². The number of imidazole rings is 1. The predicted molar refractivity (Wildman–Crippen MR) is 113 cm³/mol. The van der Waals surface area contributed by atoms with Gasteiger partial charge in [0.1, 0.15) is 17.5 Å². The van der Waals surface area contributed by atoms with Crippen molar-refractivity contribution in [1.29, 1.82) is 0 Å². The van der Waals surface area contributed by atoms with Crippen molar-refractivity contribution in [2.45, 2.75) is 12.5 Å². The second kappa shape index (κ2) is 8.39. The van der Waals surface area contributed by atoms with Crippen LogP contribution in [0.5, 0.6) is 11.5 Å². The third kappa shape index (κ3) is 4.02. The van der Waals surface area contributed by atoms with Crippen LogP contribution in [0, 0.1) is 0 Å². The number of hydrogen-bond acceptors (Lipinski definition) is 5. The van der Waals surface area contributed by atoms with Gasteiger partial charge in [0.2, 0.25) is 0 Å². The number of carbonyl (C=O) groups excluding carboxylic acids is 1. The highest BCUT2D eigenvalue weighted by atomic mass is 16.5. The number of H-pyrrole nitrogens is 1. The van der Waals surface area contributed by atoms with E-state index in [9.17, 15) is 9.59 Å². The minimum Gasteiger partial charge on any atom is -0.497 e. The lowest BCUT2D eigenvalue weighted by atomic mass is 9.95. The molecule has 1 aromatic heterocycles. The summed E-state index contributed by atoms with van der Waals surface area (Å²) >= 11 is 0. The Morgan fingerprint density at radius 3 is 2.42 bits per heavy atom. The number of urea groups is 1. The predicted octanol–water partition coefficient (Wildman–Crippen LogP) is 3.30. The monoisotopic (exact) mass is 422 g/mol. The van der Waals surface area contributed by atoms with Gasteiger partial charge in [-0.3, -0.25) is 0 Å². The van der Waals surface area contributed by atoms with Crippen LogP contribution in [0.4, 0.5) is 10.5 Å². The van der Waals surface area contributed by atoms with Crippen LogP contribution in [0.2, 0.25) is 0 Å². The number of rotatable bonds is 5. The normalized spacial score (nSPS) is 15.2. The molecule has 0 fully saturated rings. The van der Waals surface area contributed by atoms with E-state index < -0.39 is 12.0 Å². The molecule has 0 bridgehead atoms. The number of carboxylic acids is 1. The summed E-state index contributed by atoms with van der Waals surface area (Å²) in [6, 6.07) is 10.8. The van der Waals surface area contributed by atoms with E-state index in [1.165, 1.54) is 12.1 Å². The van der Waals surface area contributed by atoms with Crippen molar-refractivity contribution in [3.63, 3.8) is 0 Å². The van der Waals surface area contributed by atoms with Gasteiger partial charge in [-0.05, 0) is 42.0 Å². The number of carboxylic acid groups (broad SMARTS) is 1. The summed E-state index contributed by atoms with van der Waals surface area (Å²) in [7, 11) is 3.15. The van der Waals surface area contributed by atoms with Gasteiger partial charge in [-0.2, -0.15) is 0 Å². The van der Waals surface area contributed by atoms with Gasteiger partial charge in [-0.25, -0.2) is 14.6 Å². The van der Waals surface area contributed by atoms with Crippen molar-refractivity contribution in [3.8, 4) is 11.5 Å². The van der Waals surface area contributed by atoms with Gasteiger partial charge >= 0.3 is 12.0 Å². The second-order valence-electron chi connectivity index (χ2n) is 7.07. The molecule has 160 valence electrons. The Hall–Kier alpha value is -4.01. The molecule has 1 unspecified atom stereocenters. The Bertz CT molecular complexity index is 1090. The summed E-state index contributed by atoms with van der Waals surface area (Å²) in [4.78, 5) is 33.6. The molecule has 1 aliphatic heterocycles. The van der Waals surface area contributed by atoms with Crippen LogP contribution in [0.3, 0.4) is 0 Å². The molecule has 9 heteroatoms. The molecule has 0 radical (unpaired) electrons. The average Bonchev–Trinajstić information content (AvgIpc) is 3.27. The lowest BCUT2D eigenvalue weighted by molar-refractivity contribution is 0.0697. The Balaban J connectivity index is 1.67. The number of anilines is 1. The fourth-order valence-corrected chi connectivity index (χ4v) is 3.71. The second-order valence-corrected chi connectivity index (χ2v) is 7.07. The molecular weight excluding hydrogens is 400 g/mol. The molecule has 1 aliphatic rings. The van der Waals surface area contributed by atoms with E-state index in [0.717, 1.165) is 17.0 Å². The highest BCUT2D eigenvalue weighted by Gasteiger charge is 2.34. The molecule has 3 aromatic rings. The van der Waals surface area contributed by atoms with E-state index in [0.29, 0.717) is 30.2 Å². The number of aromatic carboxylic acids is 1. The number of amides is 2. The Morgan fingerprint density at radius 1 is 1.13 bits per heavy atom. The molecule has 0 saturated carbocycles.